The number of aryl methyl sites for hydroxylation is 1. The third-order valence-electron chi connectivity index (χ3n) is 6.25. The van der Waals surface area contributed by atoms with Crippen LogP contribution in [-0.4, -0.2) is 11.6 Å². The van der Waals surface area contributed by atoms with Crippen molar-refractivity contribution in [1.29, 1.82) is 0 Å². The maximum absolute atomic E-state index is 12.1. The second-order valence-corrected chi connectivity index (χ2v) is 8.27. The lowest BCUT2D eigenvalue weighted by Crippen LogP contribution is -2.46. The van der Waals surface area contributed by atoms with Crippen LogP contribution in [0.3, 0.4) is 0 Å². The summed E-state index contributed by atoms with van der Waals surface area (Å²) >= 11 is 0. The summed E-state index contributed by atoms with van der Waals surface area (Å²) in [6, 6.07) is 1.69. The number of hydrazone groups is 1. The van der Waals surface area contributed by atoms with E-state index in [4.69, 9.17) is 4.42 Å². The van der Waals surface area contributed by atoms with E-state index in [1.165, 1.54) is 44.8 Å². The zero-order valence-electron chi connectivity index (χ0n) is 14.1. The first-order valence-corrected chi connectivity index (χ1v) is 8.91. The maximum atomic E-state index is 12.1. The summed E-state index contributed by atoms with van der Waals surface area (Å²) in [7, 11) is 0. The number of nitrogens with zero attached hydrogens (tertiary/aromatic N) is 1. The first-order chi connectivity index (χ1) is 11.0. The summed E-state index contributed by atoms with van der Waals surface area (Å²) in [5, 5.41) is 4.37. The van der Waals surface area contributed by atoms with Crippen molar-refractivity contribution in [3.8, 4) is 0 Å². The predicted molar refractivity (Wildman–Crippen MR) is 89.2 cm³/mol. The van der Waals surface area contributed by atoms with Gasteiger partial charge in [-0.1, -0.05) is 0 Å². The quantitative estimate of drug-likeness (QED) is 0.665. The predicted octanol–water partition coefficient (Wildman–Crippen LogP) is 4.30. The molecule has 4 nitrogen and oxygen atoms in total. The number of carbonyl (C=O) groups excluding carboxylic acids is 1. The number of hydrogen-bond acceptors (Lipinski definition) is 3. The third-order valence-corrected chi connectivity index (χ3v) is 6.25. The summed E-state index contributed by atoms with van der Waals surface area (Å²) in [6.45, 7) is 3.85. The van der Waals surface area contributed by atoms with Crippen LogP contribution in [0.5, 0.6) is 0 Å². The van der Waals surface area contributed by atoms with E-state index in [1.807, 2.05) is 0 Å². The monoisotopic (exact) mass is 314 g/mol. The Bertz CT molecular complexity index is 608. The molecule has 0 radical (unpaired) electrons. The van der Waals surface area contributed by atoms with E-state index >= 15 is 0 Å². The molecular formula is C19H26N2O2. The van der Waals surface area contributed by atoms with Crippen LogP contribution >= 0.6 is 0 Å². The van der Waals surface area contributed by atoms with E-state index in [1.54, 1.807) is 13.0 Å². The molecule has 4 saturated carbocycles. The number of nitrogens with one attached hydrogen (secondary N) is 1. The number of amides is 1. The fourth-order valence-electron chi connectivity index (χ4n) is 5.92. The van der Waals surface area contributed by atoms with Gasteiger partial charge in [-0.05, 0) is 88.0 Å². The van der Waals surface area contributed by atoms with Gasteiger partial charge in [0.15, 0.2) is 0 Å². The van der Waals surface area contributed by atoms with Gasteiger partial charge in [0, 0.05) is 5.71 Å². The van der Waals surface area contributed by atoms with Crippen molar-refractivity contribution < 1.29 is 9.21 Å². The van der Waals surface area contributed by atoms with Gasteiger partial charge >= 0.3 is 0 Å². The maximum Gasteiger partial charge on any atom is 0.274 e. The van der Waals surface area contributed by atoms with Crippen molar-refractivity contribution in [3.63, 3.8) is 0 Å². The Hall–Kier alpha value is -1.58. The Morgan fingerprint density at radius 3 is 2.39 bits per heavy atom. The van der Waals surface area contributed by atoms with E-state index in [0.29, 0.717) is 16.7 Å². The smallest absolute Gasteiger partial charge is 0.274 e. The highest BCUT2D eigenvalue weighted by Crippen LogP contribution is 2.61. The van der Waals surface area contributed by atoms with E-state index in [9.17, 15) is 4.79 Å². The van der Waals surface area contributed by atoms with E-state index < -0.39 is 0 Å². The third kappa shape index (κ3) is 2.84. The van der Waals surface area contributed by atoms with Gasteiger partial charge in [-0.25, -0.2) is 5.43 Å². The van der Waals surface area contributed by atoms with Gasteiger partial charge in [0.1, 0.15) is 5.76 Å². The molecule has 0 spiro atoms. The molecule has 4 bridgehead atoms. The molecule has 23 heavy (non-hydrogen) atoms. The Morgan fingerprint density at radius 2 is 1.87 bits per heavy atom. The first kappa shape index (κ1) is 15.0. The Kier molecular flexibility index (Phi) is 3.58. The summed E-state index contributed by atoms with van der Waals surface area (Å²) in [6.07, 6.45) is 11.1. The fourth-order valence-corrected chi connectivity index (χ4v) is 5.92. The zero-order chi connectivity index (χ0) is 16.0. The van der Waals surface area contributed by atoms with E-state index in [2.05, 4.69) is 17.5 Å². The van der Waals surface area contributed by atoms with Crippen LogP contribution < -0.4 is 5.43 Å². The van der Waals surface area contributed by atoms with Crippen molar-refractivity contribution in [2.45, 2.75) is 58.8 Å². The van der Waals surface area contributed by atoms with Crippen molar-refractivity contribution in [1.82, 2.24) is 5.43 Å². The highest BCUT2D eigenvalue weighted by atomic mass is 16.3. The molecule has 1 aromatic rings. The molecule has 0 unspecified atom stereocenters. The molecule has 0 aromatic carbocycles. The number of rotatable bonds is 4. The SMILES string of the molecule is C/C(CC12CC3CC(CC(C3)C1)C2)=N/NC(=O)c1ccoc1C. The lowest BCUT2D eigenvalue weighted by atomic mass is 9.48. The molecule has 4 aliphatic carbocycles. The van der Waals surface area contributed by atoms with Gasteiger partial charge in [0.05, 0.1) is 11.8 Å². The molecular weight excluding hydrogens is 288 g/mol. The van der Waals surface area contributed by atoms with Crippen LogP contribution in [0.15, 0.2) is 21.8 Å². The molecule has 4 heteroatoms. The van der Waals surface area contributed by atoms with Crippen LogP contribution in [0.1, 0.15) is 68.0 Å². The summed E-state index contributed by atoms with van der Waals surface area (Å²) in [4.78, 5) is 12.1. The molecule has 4 aliphatic rings. The van der Waals surface area contributed by atoms with Gasteiger partial charge in [-0.15, -0.1) is 0 Å². The Labute approximate surface area is 137 Å². The fraction of sp³-hybridized carbons (Fsp3) is 0.684. The van der Waals surface area contributed by atoms with Crippen LogP contribution in [0.25, 0.3) is 0 Å². The normalized spacial score (nSPS) is 35.6. The minimum Gasteiger partial charge on any atom is -0.469 e. The van der Waals surface area contributed by atoms with Crippen LogP contribution in [0.4, 0.5) is 0 Å². The van der Waals surface area contributed by atoms with Crippen molar-refractivity contribution in [2.24, 2.45) is 28.3 Å². The molecule has 0 aliphatic heterocycles. The molecule has 1 N–H and O–H groups in total. The van der Waals surface area contributed by atoms with Crippen LogP contribution in [-0.2, 0) is 0 Å². The minimum atomic E-state index is -0.180. The van der Waals surface area contributed by atoms with E-state index in [0.717, 1.165) is 29.9 Å². The average molecular weight is 314 g/mol. The molecule has 1 heterocycles. The zero-order valence-corrected chi connectivity index (χ0v) is 14.1. The van der Waals surface area contributed by atoms with E-state index in [-0.39, 0.29) is 5.91 Å². The molecule has 0 atom stereocenters. The summed E-state index contributed by atoms with van der Waals surface area (Å²) < 4.78 is 5.17. The lowest BCUT2D eigenvalue weighted by molar-refractivity contribution is -0.0482. The topological polar surface area (TPSA) is 54.6 Å². The first-order valence-electron chi connectivity index (χ1n) is 8.91. The van der Waals surface area contributed by atoms with Crippen molar-refractivity contribution in [2.75, 3.05) is 0 Å². The molecule has 124 valence electrons. The molecule has 0 saturated heterocycles. The van der Waals surface area contributed by atoms with Gasteiger partial charge in [0.2, 0.25) is 0 Å². The average Bonchev–Trinajstić information content (AvgIpc) is 2.89. The second kappa shape index (κ2) is 5.50. The molecule has 5 rings (SSSR count). The number of hydrogen-bond donors (Lipinski definition) is 1. The Balaban J connectivity index is 1.41. The van der Waals surface area contributed by atoms with Gasteiger partial charge < -0.3 is 4.42 Å². The highest BCUT2D eigenvalue weighted by Gasteiger charge is 2.50. The molecule has 1 aromatic heterocycles. The van der Waals surface area contributed by atoms with Crippen LogP contribution in [0, 0.1) is 30.1 Å². The van der Waals surface area contributed by atoms with Crippen LogP contribution in [0.2, 0.25) is 0 Å². The molecule has 4 fully saturated rings. The number of carbonyl (C=O) groups is 1. The highest BCUT2D eigenvalue weighted by molar-refractivity contribution is 5.96. The van der Waals surface area contributed by atoms with Crippen molar-refractivity contribution in [3.05, 3.63) is 23.7 Å². The number of furan rings is 1. The largest absolute Gasteiger partial charge is 0.469 e. The summed E-state index contributed by atoms with van der Waals surface area (Å²) in [5.41, 5.74) is 4.79. The van der Waals surface area contributed by atoms with Gasteiger partial charge in [-0.3, -0.25) is 4.79 Å². The Morgan fingerprint density at radius 1 is 1.26 bits per heavy atom. The van der Waals surface area contributed by atoms with Crippen molar-refractivity contribution >= 4 is 11.6 Å². The van der Waals surface area contributed by atoms with Gasteiger partial charge in [0.25, 0.3) is 5.91 Å². The standard InChI is InChI=1S/C19H26N2O2/c1-12(20-21-18(22)17-3-4-23-13(17)2)8-19-9-14-5-15(10-19)7-16(6-14)11-19/h3-4,14-16H,5-11H2,1-2H3,(H,21,22)/b20-12-. The second-order valence-electron chi connectivity index (χ2n) is 8.27. The molecule has 1 amide bonds. The lowest BCUT2D eigenvalue weighted by Gasteiger charge is -2.57. The minimum absolute atomic E-state index is 0.180. The van der Waals surface area contributed by atoms with Gasteiger partial charge in [-0.2, -0.15) is 5.10 Å². The summed E-state index contributed by atoms with van der Waals surface area (Å²) in [5.74, 6) is 3.32.